The highest BCUT2D eigenvalue weighted by Crippen LogP contribution is 2.22. The quantitative estimate of drug-likeness (QED) is 0.673. The van der Waals surface area contributed by atoms with Crippen molar-refractivity contribution in [3.63, 3.8) is 0 Å². The minimum atomic E-state index is -0.622. The van der Waals surface area contributed by atoms with Crippen molar-refractivity contribution in [1.82, 2.24) is 5.32 Å². The Balaban J connectivity index is 1.79. The highest BCUT2D eigenvalue weighted by Gasteiger charge is 2.23. The van der Waals surface area contributed by atoms with Crippen LogP contribution >= 0.6 is 0 Å². The lowest BCUT2D eigenvalue weighted by Gasteiger charge is -2.11. The number of hydrogen-bond donors (Lipinski definition) is 3. The summed E-state index contributed by atoms with van der Waals surface area (Å²) in [5, 5.41) is 12.8. The van der Waals surface area contributed by atoms with Crippen LogP contribution in [-0.4, -0.2) is 17.1 Å². The number of amides is 1. The second kappa shape index (κ2) is 5.19. The molecule has 1 amide bonds. The summed E-state index contributed by atoms with van der Waals surface area (Å²) in [5.74, 6) is 0.0236. The Labute approximate surface area is 101 Å². The second-order valence-corrected chi connectivity index (χ2v) is 4.57. The molecule has 0 aliphatic heterocycles. The molecule has 17 heavy (non-hydrogen) atoms. The average molecular weight is 234 g/mol. The molecule has 1 saturated carbocycles. The number of nitrogens with two attached hydrogens (primary N) is 1. The molecule has 0 saturated heterocycles. The lowest BCUT2D eigenvalue weighted by Crippen LogP contribution is -2.25. The Morgan fingerprint density at radius 3 is 2.94 bits per heavy atom. The van der Waals surface area contributed by atoms with Gasteiger partial charge >= 0.3 is 0 Å². The van der Waals surface area contributed by atoms with Crippen molar-refractivity contribution >= 4 is 11.6 Å². The molecule has 0 spiro atoms. The van der Waals surface area contributed by atoms with Crippen LogP contribution < -0.4 is 11.1 Å². The van der Waals surface area contributed by atoms with Gasteiger partial charge in [-0.1, -0.05) is 12.1 Å². The van der Waals surface area contributed by atoms with Gasteiger partial charge in [0.15, 0.2) is 0 Å². The van der Waals surface area contributed by atoms with Gasteiger partial charge in [0, 0.05) is 18.2 Å². The van der Waals surface area contributed by atoms with E-state index in [0.717, 1.165) is 18.4 Å². The van der Waals surface area contributed by atoms with Crippen LogP contribution in [-0.2, 0) is 4.79 Å². The molecule has 92 valence electrons. The first-order valence-corrected chi connectivity index (χ1v) is 5.98. The van der Waals surface area contributed by atoms with E-state index < -0.39 is 6.10 Å². The zero-order valence-electron chi connectivity index (χ0n) is 9.73. The standard InChI is InChI=1S/C13H18N2O2/c14-10-3-1-2-9(8-10)12(16)6-7-13(17)15-11-4-5-11/h1-3,8,11-12,16H,4-7,14H2,(H,15,17). The molecule has 0 radical (unpaired) electrons. The number of carbonyl (C=O) groups excluding carboxylic acids is 1. The maximum atomic E-state index is 11.4. The smallest absolute Gasteiger partial charge is 0.220 e. The Bertz CT molecular complexity index is 402. The molecule has 4 N–H and O–H groups in total. The molecule has 4 nitrogen and oxygen atoms in total. The van der Waals surface area contributed by atoms with Crippen molar-refractivity contribution < 1.29 is 9.90 Å². The van der Waals surface area contributed by atoms with E-state index in [1.165, 1.54) is 0 Å². The fraction of sp³-hybridized carbons (Fsp3) is 0.462. The third-order valence-electron chi connectivity index (χ3n) is 2.88. The van der Waals surface area contributed by atoms with E-state index in [-0.39, 0.29) is 5.91 Å². The van der Waals surface area contributed by atoms with Crippen LogP contribution in [0, 0.1) is 0 Å². The van der Waals surface area contributed by atoms with Gasteiger partial charge in [0.25, 0.3) is 0 Å². The number of anilines is 1. The molecule has 1 atom stereocenters. The lowest BCUT2D eigenvalue weighted by atomic mass is 10.0. The van der Waals surface area contributed by atoms with Crippen LogP contribution in [0.4, 0.5) is 5.69 Å². The van der Waals surface area contributed by atoms with E-state index in [9.17, 15) is 9.90 Å². The number of aliphatic hydroxyl groups is 1. The molecule has 4 heteroatoms. The van der Waals surface area contributed by atoms with E-state index in [1.54, 1.807) is 18.2 Å². The maximum Gasteiger partial charge on any atom is 0.220 e. The molecule has 2 rings (SSSR count). The Kier molecular flexibility index (Phi) is 3.64. The zero-order valence-corrected chi connectivity index (χ0v) is 9.73. The van der Waals surface area contributed by atoms with E-state index in [1.807, 2.05) is 6.07 Å². The average Bonchev–Trinajstić information content (AvgIpc) is 3.10. The number of benzene rings is 1. The van der Waals surface area contributed by atoms with Gasteiger partial charge in [-0.25, -0.2) is 0 Å². The predicted octanol–water partition coefficient (Wildman–Crippen LogP) is 1.36. The second-order valence-electron chi connectivity index (χ2n) is 4.57. The van der Waals surface area contributed by atoms with Crippen molar-refractivity contribution in [3.05, 3.63) is 29.8 Å². The first-order valence-electron chi connectivity index (χ1n) is 5.98. The summed E-state index contributed by atoms with van der Waals surface area (Å²) < 4.78 is 0. The van der Waals surface area contributed by atoms with Gasteiger partial charge in [-0.15, -0.1) is 0 Å². The molecule has 1 aliphatic rings. The fourth-order valence-electron chi connectivity index (χ4n) is 1.73. The molecular weight excluding hydrogens is 216 g/mol. The SMILES string of the molecule is Nc1cccc(C(O)CCC(=O)NC2CC2)c1. The predicted molar refractivity (Wildman–Crippen MR) is 66.2 cm³/mol. The van der Waals surface area contributed by atoms with Crippen LogP contribution in [0.2, 0.25) is 0 Å². The van der Waals surface area contributed by atoms with Crippen LogP contribution in [0.1, 0.15) is 37.4 Å². The summed E-state index contributed by atoms with van der Waals surface area (Å²) in [7, 11) is 0. The third kappa shape index (κ3) is 3.75. The number of nitrogen functional groups attached to an aromatic ring is 1. The van der Waals surface area contributed by atoms with Gasteiger partial charge in [-0.2, -0.15) is 0 Å². The fourth-order valence-corrected chi connectivity index (χ4v) is 1.73. The monoisotopic (exact) mass is 234 g/mol. The summed E-state index contributed by atoms with van der Waals surface area (Å²) in [4.78, 5) is 11.4. The third-order valence-corrected chi connectivity index (χ3v) is 2.88. The summed E-state index contributed by atoms with van der Waals surface area (Å²) in [6, 6.07) is 7.52. The van der Waals surface area contributed by atoms with Gasteiger partial charge in [0.2, 0.25) is 5.91 Å². The number of carbonyl (C=O) groups is 1. The van der Waals surface area contributed by atoms with Gasteiger partial charge < -0.3 is 16.2 Å². The Morgan fingerprint density at radius 2 is 2.29 bits per heavy atom. The van der Waals surface area contributed by atoms with Gasteiger partial charge in [0.1, 0.15) is 0 Å². The maximum absolute atomic E-state index is 11.4. The van der Waals surface area contributed by atoms with E-state index in [2.05, 4.69) is 5.32 Å². The zero-order chi connectivity index (χ0) is 12.3. The van der Waals surface area contributed by atoms with Crippen molar-refractivity contribution in [2.75, 3.05) is 5.73 Å². The molecule has 1 unspecified atom stereocenters. The molecule has 1 aromatic rings. The Morgan fingerprint density at radius 1 is 1.53 bits per heavy atom. The summed E-state index contributed by atoms with van der Waals surface area (Å²) >= 11 is 0. The van der Waals surface area contributed by atoms with Crippen molar-refractivity contribution in [2.45, 2.75) is 37.8 Å². The van der Waals surface area contributed by atoms with Gasteiger partial charge in [0.05, 0.1) is 6.10 Å². The highest BCUT2D eigenvalue weighted by atomic mass is 16.3. The van der Waals surface area contributed by atoms with Gasteiger partial charge in [-0.3, -0.25) is 4.79 Å². The first kappa shape index (κ1) is 11.9. The van der Waals surface area contributed by atoms with E-state index in [0.29, 0.717) is 24.6 Å². The van der Waals surface area contributed by atoms with E-state index in [4.69, 9.17) is 5.73 Å². The van der Waals surface area contributed by atoms with E-state index >= 15 is 0 Å². The molecule has 0 bridgehead atoms. The molecular formula is C13H18N2O2. The molecule has 1 aliphatic carbocycles. The molecule has 0 heterocycles. The first-order chi connectivity index (χ1) is 8.15. The highest BCUT2D eigenvalue weighted by molar-refractivity contribution is 5.76. The number of hydrogen-bond acceptors (Lipinski definition) is 3. The topological polar surface area (TPSA) is 75.3 Å². The van der Waals surface area contributed by atoms with Crippen molar-refractivity contribution in [1.29, 1.82) is 0 Å². The van der Waals surface area contributed by atoms with Gasteiger partial charge in [-0.05, 0) is 37.0 Å². The van der Waals surface area contributed by atoms with Crippen LogP contribution in [0.15, 0.2) is 24.3 Å². The molecule has 1 fully saturated rings. The number of aliphatic hydroxyl groups excluding tert-OH is 1. The number of nitrogens with one attached hydrogen (secondary N) is 1. The molecule has 1 aromatic carbocycles. The summed E-state index contributed by atoms with van der Waals surface area (Å²) in [6.45, 7) is 0. The normalized spacial score (nSPS) is 16.5. The lowest BCUT2D eigenvalue weighted by molar-refractivity contribution is -0.121. The Hall–Kier alpha value is -1.55. The summed E-state index contributed by atoms with van der Waals surface area (Å²) in [5.41, 5.74) is 7.03. The van der Waals surface area contributed by atoms with Crippen LogP contribution in [0.3, 0.4) is 0 Å². The molecule has 0 aromatic heterocycles. The minimum absolute atomic E-state index is 0.0236. The minimum Gasteiger partial charge on any atom is -0.399 e. The number of rotatable bonds is 5. The summed E-state index contributed by atoms with van der Waals surface area (Å²) in [6.07, 6.45) is 2.34. The van der Waals surface area contributed by atoms with Crippen molar-refractivity contribution in [3.8, 4) is 0 Å². The van der Waals surface area contributed by atoms with Crippen molar-refractivity contribution in [2.24, 2.45) is 0 Å². The van der Waals surface area contributed by atoms with Crippen LogP contribution in [0.25, 0.3) is 0 Å². The largest absolute Gasteiger partial charge is 0.399 e. The van der Waals surface area contributed by atoms with Crippen LogP contribution in [0.5, 0.6) is 0 Å².